The Morgan fingerprint density at radius 3 is 2.33 bits per heavy atom. The minimum Gasteiger partial charge on any atom is -0.494 e. The molecule has 0 saturated carbocycles. The molecule has 2 aromatic rings. The molecule has 1 fully saturated rings. The Hall–Kier alpha value is -2.45. The molecule has 0 N–H and O–H groups in total. The lowest BCUT2D eigenvalue weighted by molar-refractivity contribution is -0.113. The molecule has 1 aliphatic rings. The van der Waals surface area contributed by atoms with Gasteiger partial charge in [-0.15, -0.1) is 0 Å². The van der Waals surface area contributed by atoms with Gasteiger partial charge in [0, 0.05) is 0 Å². The Balaban J connectivity index is 1.77. The van der Waals surface area contributed by atoms with Gasteiger partial charge in [-0.2, -0.15) is 8.78 Å². The zero-order chi connectivity index (χ0) is 19.4. The molecular weight excluding hydrogens is 392 g/mol. The van der Waals surface area contributed by atoms with Gasteiger partial charge in [-0.3, -0.25) is 9.69 Å². The Bertz CT molecular complexity index is 868. The van der Waals surface area contributed by atoms with Crippen molar-refractivity contribution < 1.29 is 23.0 Å². The zero-order valence-electron chi connectivity index (χ0n) is 14.2. The second-order valence-electron chi connectivity index (χ2n) is 5.39. The summed E-state index contributed by atoms with van der Waals surface area (Å²) in [6.45, 7) is -0.418. The minimum absolute atomic E-state index is 0.0593. The molecule has 0 spiro atoms. The number of ether oxygens (including phenoxy) is 2. The lowest BCUT2D eigenvalue weighted by Crippen LogP contribution is -2.27. The molecule has 4 nitrogen and oxygen atoms in total. The van der Waals surface area contributed by atoms with Crippen molar-refractivity contribution in [3.8, 4) is 11.5 Å². The van der Waals surface area contributed by atoms with E-state index in [1.165, 1.54) is 28.8 Å². The fourth-order valence-corrected chi connectivity index (χ4v) is 3.74. The maximum absolute atomic E-state index is 12.7. The molecule has 3 rings (SSSR count). The van der Waals surface area contributed by atoms with Crippen molar-refractivity contribution in [2.24, 2.45) is 0 Å². The summed E-state index contributed by atoms with van der Waals surface area (Å²) < 4.78 is 34.5. The van der Waals surface area contributed by atoms with Gasteiger partial charge in [0.1, 0.15) is 11.5 Å². The van der Waals surface area contributed by atoms with Crippen molar-refractivity contribution in [2.45, 2.75) is 13.5 Å². The molecule has 1 aliphatic heterocycles. The number of amides is 1. The van der Waals surface area contributed by atoms with Crippen molar-refractivity contribution in [1.29, 1.82) is 0 Å². The quantitative estimate of drug-likeness (QED) is 0.493. The van der Waals surface area contributed by atoms with Gasteiger partial charge in [-0.25, -0.2) is 0 Å². The Morgan fingerprint density at radius 2 is 1.74 bits per heavy atom. The number of thiocarbonyl (C=S) groups is 1. The first kappa shape index (κ1) is 19.3. The van der Waals surface area contributed by atoms with E-state index in [2.05, 4.69) is 4.74 Å². The maximum Gasteiger partial charge on any atom is 0.387 e. The van der Waals surface area contributed by atoms with Crippen LogP contribution in [-0.4, -0.2) is 23.4 Å². The number of anilines is 1. The van der Waals surface area contributed by atoms with Crippen LogP contribution in [0.25, 0.3) is 6.08 Å². The number of carbonyl (C=O) groups excluding carboxylic acids is 1. The van der Waals surface area contributed by atoms with Gasteiger partial charge in [-0.1, -0.05) is 36.1 Å². The molecule has 0 atom stereocenters. The number of hydrogen-bond acceptors (Lipinski definition) is 5. The maximum atomic E-state index is 12.7. The van der Waals surface area contributed by atoms with E-state index >= 15 is 0 Å². The molecule has 8 heteroatoms. The monoisotopic (exact) mass is 407 g/mol. The standard InChI is InChI=1S/C19H15F2NO3S2/c1-2-24-14-9-5-13(6-10-14)22-17(23)16(27-19(22)26)11-12-3-7-15(8-4-12)25-18(20)21/h3-11,18H,2H2,1H3. The van der Waals surface area contributed by atoms with E-state index in [0.717, 1.165) is 0 Å². The van der Waals surface area contributed by atoms with Crippen LogP contribution in [0.1, 0.15) is 12.5 Å². The Kier molecular flexibility index (Phi) is 6.08. The molecule has 0 unspecified atom stereocenters. The van der Waals surface area contributed by atoms with Crippen LogP contribution in [0.5, 0.6) is 11.5 Å². The van der Waals surface area contributed by atoms with E-state index < -0.39 is 6.61 Å². The van der Waals surface area contributed by atoms with Crippen LogP contribution in [0.2, 0.25) is 0 Å². The molecule has 0 aromatic heterocycles. The van der Waals surface area contributed by atoms with Crippen LogP contribution < -0.4 is 14.4 Å². The summed E-state index contributed by atoms with van der Waals surface area (Å²) in [5.74, 6) is 0.541. The average Bonchev–Trinajstić information content (AvgIpc) is 2.91. The molecule has 1 amide bonds. The van der Waals surface area contributed by atoms with E-state index in [1.807, 2.05) is 6.92 Å². The van der Waals surface area contributed by atoms with E-state index in [4.69, 9.17) is 17.0 Å². The molecule has 0 radical (unpaired) electrons. The van der Waals surface area contributed by atoms with Gasteiger partial charge in [0.2, 0.25) is 0 Å². The number of benzene rings is 2. The van der Waals surface area contributed by atoms with Crippen LogP contribution >= 0.6 is 24.0 Å². The largest absolute Gasteiger partial charge is 0.494 e. The third-order valence-corrected chi connectivity index (χ3v) is 4.90. The van der Waals surface area contributed by atoms with Gasteiger partial charge < -0.3 is 9.47 Å². The molecule has 0 bridgehead atoms. The van der Waals surface area contributed by atoms with Crippen molar-refractivity contribution in [3.63, 3.8) is 0 Å². The highest BCUT2D eigenvalue weighted by Crippen LogP contribution is 2.36. The van der Waals surface area contributed by atoms with E-state index in [1.54, 1.807) is 42.5 Å². The van der Waals surface area contributed by atoms with Crippen LogP contribution in [0.4, 0.5) is 14.5 Å². The summed E-state index contributed by atoms with van der Waals surface area (Å²) in [5.41, 5.74) is 1.34. The SMILES string of the molecule is CCOc1ccc(N2C(=O)C(=Cc3ccc(OC(F)F)cc3)SC2=S)cc1. The molecule has 1 saturated heterocycles. The van der Waals surface area contributed by atoms with Crippen LogP contribution in [0.15, 0.2) is 53.4 Å². The number of alkyl halides is 2. The fourth-order valence-electron chi connectivity index (χ4n) is 2.45. The lowest BCUT2D eigenvalue weighted by atomic mass is 10.2. The summed E-state index contributed by atoms with van der Waals surface area (Å²) in [4.78, 5) is 14.6. The highest BCUT2D eigenvalue weighted by molar-refractivity contribution is 8.27. The molecule has 0 aliphatic carbocycles. The normalized spacial score (nSPS) is 15.7. The first-order chi connectivity index (χ1) is 13.0. The number of hydrogen-bond donors (Lipinski definition) is 0. The third kappa shape index (κ3) is 4.64. The molecule has 1 heterocycles. The highest BCUT2D eigenvalue weighted by atomic mass is 32.2. The van der Waals surface area contributed by atoms with Gasteiger partial charge in [0.15, 0.2) is 4.32 Å². The molecular formula is C19H15F2NO3S2. The summed E-state index contributed by atoms with van der Waals surface area (Å²) in [5, 5.41) is 0. The van der Waals surface area contributed by atoms with Gasteiger partial charge in [-0.05, 0) is 55.0 Å². The topological polar surface area (TPSA) is 38.8 Å². The number of carbonyl (C=O) groups is 1. The lowest BCUT2D eigenvalue weighted by Gasteiger charge is -2.15. The fraction of sp³-hybridized carbons (Fsp3) is 0.158. The Morgan fingerprint density at radius 1 is 1.11 bits per heavy atom. The highest BCUT2D eigenvalue weighted by Gasteiger charge is 2.33. The molecule has 27 heavy (non-hydrogen) atoms. The Labute approximate surface area is 164 Å². The second kappa shape index (κ2) is 8.49. The first-order valence-corrected chi connectivity index (χ1v) is 9.26. The van der Waals surface area contributed by atoms with Crippen LogP contribution in [0, 0.1) is 0 Å². The van der Waals surface area contributed by atoms with Crippen LogP contribution in [0.3, 0.4) is 0 Å². The third-order valence-electron chi connectivity index (χ3n) is 3.60. The van der Waals surface area contributed by atoms with Crippen molar-refractivity contribution in [2.75, 3.05) is 11.5 Å². The predicted molar refractivity (Wildman–Crippen MR) is 106 cm³/mol. The van der Waals surface area contributed by atoms with E-state index in [-0.39, 0.29) is 11.7 Å². The van der Waals surface area contributed by atoms with E-state index in [0.29, 0.717) is 32.8 Å². The van der Waals surface area contributed by atoms with Crippen molar-refractivity contribution in [1.82, 2.24) is 0 Å². The van der Waals surface area contributed by atoms with Gasteiger partial charge >= 0.3 is 6.61 Å². The zero-order valence-corrected chi connectivity index (χ0v) is 15.9. The average molecular weight is 407 g/mol. The second-order valence-corrected chi connectivity index (χ2v) is 7.07. The summed E-state index contributed by atoms with van der Waals surface area (Å²) in [6.07, 6.45) is 1.67. The smallest absolute Gasteiger partial charge is 0.387 e. The predicted octanol–water partition coefficient (Wildman–Crippen LogP) is 5.09. The number of halogens is 2. The van der Waals surface area contributed by atoms with Crippen molar-refractivity contribution in [3.05, 3.63) is 59.0 Å². The number of nitrogens with zero attached hydrogens (tertiary/aromatic N) is 1. The molecule has 140 valence electrons. The van der Waals surface area contributed by atoms with E-state index in [9.17, 15) is 13.6 Å². The minimum atomic E-state index is -2.87. The number of thioether (sulfide) groups is 1. The van der Waals surface area contributed by atoms with Gasteiger partial charge in [0.05, 0.1) is 17.2 Å². The first-order valence-electron chi connectivity index (χ1n) is 8.03. The van der Waals surface area contributed by atoms with Crippen molar-refractivity contribution >= 4 is 46.0 Å². The summed E-state index contributed by atoms with van der Waals surface area (Å²) in [6, 6.07) is 13.1. The summed E-state index contributed by atoms with van der Waals surface area (Å²) >= 11 is 6.52. The molecule has 2 aromatic carbocycles. The summed E-state index contributed by atoms with van der Waals surface area (Å²) in [7, 11) is 0. The van der Waals surface area contributed by atoms with Gasteiger partial charge in [0.25, 0.3) is 5.91 Å². The number of rotatable bonds is 6. The van der Waals surface area contributed by atoms with Crippen LogP contribution in [-0.2, 0) is 4.79 Å².